The molecule has 3 amide bonds. The fourth-order valence-corrected chi connectivity index (χ4v) is 4.09. The first-order chi connectivity index (χ1) is 13.5. The maximum atomic E-state index is 12.8. The summed E-state index contributed by atoms with van der Waals surface area (Å²) in [5.41, 5.74) is 3.32. The van der Waals surface area contributed by atoms with Gasteiger partial charge in [0.25, 0.3) is 5.91 Å². The van der Waals surface area contributed by atoms with E-state index >= 15 is 0 Å². The van der Waals surface area contributed by atoms with E-state index in [1.54, 1.807) is 6.92 Å². The number of benzene rings is 2. The molecule has 2 aliphatic heterocycles. The summed E-state index contributed by atoms with van der Waals surface area (Å²) in [6.45, 7) is 3.82. The van der Waals surface area contributed by atoms with Crippen LogP contribution in [0.5, 0.6) is 0 Å². The Bertz CT molecular complexity index is 870. The van der Waals surface area contributed by atoms with Crippen LogP contribution >= 0.6 is 0 Å². The highest BCUT2D eigenvalue weighted by Crippen LogP contribution is 2.26. The van der Waals surface area contributed by atoms with Gasteiger partial charge in [0.2, 0.25) is 0 Å². The largest absolute Gasteiger partial charge is 0.390 e. The quantitative estimate of drug-likeness (QED) is 0.810. The Morgan fingerprint density at radius 1 is 1.00 bits per heavy atom. The zero-order valence-electron chi connectivity index (χ0n) is 16.0. The van der Waals surface area contributed by atoms with Crippen LogP contribution < -0.4 is 4.90 Å². The minimum Gasteiger partial charge on any atom is -0.390 e. The van der Waals surface area contributed by atoms with Crippen LogP contribution in [0.15, 0.2) is 54.6 Å². The second kappa shape index (κ2) is 7.73. The molecule has 0 aliphatic carbocycles. The highest BCUT2D eigenvalue weighted by Gasteiger charge is 2.43. The summed E-state index contributed by atoms with van der Waals surface area (Å²) < 4.78 is 0. The molecule has 6 nitrogen and oxygen atoms in total. The molecular formula is C22H25N3O3. The van der Waals surface area contributed by atoms with Crippen molar-refractivity contribution in [2.45, 2.75) is 32.0 Å². The number of carbonyl (C=O) groups is 2. The molecule has 1 fully saturated rings. The van der Waals surface area contributed by atoms with Crippen molar-refractivity contribution in [3.05, 3.63) is 65.7 Å². The molecule has 2 aromatic carbocycles. The fourth-order valence-electron chi connectivity index (χ4n) is 4.09. The second-order valence-corrected chi connectivity index (χ2v) is 7.52. The predicted octanol–water partition coefficient (Wildman–Crippen LogP) is 2.26. The Labute approximate surface area is 165 Å². The smallest absolute Gasteiger partial charge is 0.332 e. The van der Waals surface area contributed by atoms with Crippen LogP contribution in [0.2, 0.25) is 0 Å². The van der Waals surface area contributed by atoms with Crippen LogP contribution in [0.25, 0.3) is 0 Å². The number of anilines is 1. The molecule has 1 N–H and O–H groups in total. The molecule has 2 heterocycles. The van der Waals surface area contributed by atoms with Gasteiger partial charge in [-0.2, -0.15) is 0 Å². The molecule has 2 aliphatic rings. The zero-order chi connectivity index (χ0) is 19.7. The molecule has 0 bridgehead atoms. The SMILES string of the molecule is C[C@H]1C(=O)N(C[C@H](O)CN2CCc3ccccc3C2)C(=O)N1c1ccccc1. The topological polar surface area (TPSA) is 64.1 Å². The number of amides is 3. The van der Waals surface area contributed by atoms with E-state index in [2.05, 4.69) is 17.0 Å². The van der Waals surface area contributed by atoms with E-state index in [9.17, 15) is 14.7 Å². The molecule has 28 heavy (non-hydrogen) atoms. The number of β-amino-alcohol motifs (C(OH)–C–C–N with tert-alkyl or cyclic N) is 1. The number of urea groups is 1. The summed E-state index contributed by atoms with van der Waals surface area (Å²) in [5.74, 6) is -0.267. The van der Waals surface area contributed by atoms with Crippen LogP contribution in [0, 0.1) is 0 Å². The lowest BCUT2D eigenvalue weighted by molar-refractivity contribution is -0.128. The van der Waals surface area contributed by atoms with Crippen LogP contribution in [0.3, 0.4) is 0 Å². The predicted molar refractivity (Wildman–Crippen MR) is 107 cm³/mol. The number of aliphatic hydroxyl groups is 1. The number of carbonyl (C=O) groups excluding carboxylic acids is 2. The third-order valence-electron chi connectivity index (χ3n) is 5.55. The standard InChI is InChI=1S/C22H25N3O3/c1-16-21(27)24(22(28)25(16)19-9-3-2-4-10-19)15-20(26)14-23-12-11-17-7-5-6-8-18(17)13-23/h2-10,16,20,26H,11-15H2,1H3/t16-,20+/m0/s1. The lowest BCUT2D eigenvalue weighted by Crippen LogP contribution is -2.44. The summed E-state index contributed by atoms with van der Waals surface area (Å²) in [4.78, 5) is 30.3. The molecule has 1 saturated heterocycles. The summed E-state index contributed by atoms with van der Waals surface area (Å²) in [6, 6.07) is 16.6. The second-order valence-electron chi connectivity index (χ2n) is 7.52. The van der Waals surface area contributed by atoms with Gasteiger partial charge < -0.3 is 5.11 Å². The summed E-state index contributed by atoms with van der Waals surface area (Å²) in [5, 5.41) is 10.6. The highest BCUT2D eigenvalue weighted by molar-refractivity contribution is 6.14. The molecule has 0 spiro atoms. The van der Waals surface area contributed by atoms with Gasteiger partial charge in [0, 0.05) is 25.3 Å². The van der Waals surface area contributed by atoms with E-state index in [0.717, 1.165) is 19.5 Å². The van der Waals surface area contributed by atoms with Crippen LogP contribution in [0.1, 0.15) is 18.1 Å². The minimum atomic E-state index is -0.777. The van der Waals surface area contributed by atoms with Crippen molar-refractivity contribution in [3.63, 3.8) is 0 Å². The van der Waals surface area contributed by atoms with Crippen molar-refractivity contribution < 1.29 is 14.7 Å². The third-order valence-corrected chi connectivity index (χ3v) is 5.55. The summed E-state index contributed by atoms with van der Waals surface area (Å²) in [7, 11) is 0. The molecule has 146 valence electrons. The summed E-state index contributed by atoms with van der Waals surface area (Å²) >= 11 is 0. The molecular weight excluding hydrogens is 354 g/mol. The number of rotatable bonds is 5. The molecule has 0 unspecified atom stereocenters. The number of hydrogen-bond acceptors (Lipinski definition) is 4. The van der Waals surface area contributed by atoms with Crippen LogP contribution in [-0.4, -0.2) is 58.6 Å². The average Bonchev–Trinajstić information content (AvgIpc) is 2.92. The number of hydrogen-bond donors (Lipinski definition) is 1. The molecule has 0 radical (unpaired) electrons. The van der Waals surface area contributed by atoms with Gasteiger partial charge in [-0.05, 0) is 36.6 Å². The highest BCUT2D eigenvalue weighted by atomic mass is 16.3. The Hall–Kier alpha value is -2.70. The van der Waals surface area contributed by atoms with Crippen molar-refractivity contribution in [1.29, 1.82) is 0 Å². The Morgan fingerprint density at radius 3 is 2.43 bits per heavy atom. The van der Waals surface area contributed by atoms with E-state index in [-0.39, 0.29) is 18.5 Å². The molecule has 4 rings (SSSR count). The molecule has 2 aromatic rings. The zero-order valence-corrected chi connectivity index (χ0v) is 16.0. The van der Waals surface area contributed by atoms with Gasteiger partial charge in [0.15, 0.2) is 0 Å². The van der Waals surface area contributed by atoms with Gasteiger partial charge >= 0.3 is 6.03 Å². The van der Waals surface area contributed by atoms with Crippen LogP contribution in [0.4, 0.5) is 10.5 Å². The van der Waals surface area contributed by atoms with E-state index in [4.69, 9.17) is 0 Å². The molecule has 2 atom stereocenters. The van der Waals surface area contributed by atoms with Crippen molar-refractivity contribution in [3.8, 4) is 0 Å². The van der Waals surface area contributed by atoms with Crippen molar-refractivity contribution in [2.75, 3.05) is 24.5 Å². The van der Waals surface area contributed by atoms with E-state index in [1.807, 2.05) is 42.5 Å². The molecule has 6 heteroatoms. The van der Waals surface area contributed by atoms with Crippen molar-refractivity contribution in [2.24, 2.45) is 0 Å². The number of aliphatic hydroxyl groups excluding tert-OH is 1. The van der Waals surface area contributed by atoms with Gasteiger partial charge in [0.1, 0.15) is 6.04 Å². The maximum Gasteiger partial charge on any atom is 0.332 e. The number of para-hydroxylation sites is 1. The van der Waals surface area contributed by atoms with E-state index in [1.165, 1.54) is 20.9 Å². The van der Waals surface area contributed by atoms with Gasteiger partial charge in [-0.15, -0.1) is 0 Å². The lowest BCUT2D eigenvalue weighted by Gasteiger charge is -2.31. The molecule has 0 aromatic heterocycles. The Kier molecular flexibility index (Phi) is 5.15. The lowest BCUT2D eigenvalue weighted by atomic mass is 10.00. The van der Waals surface area contributed by atoms with Crippen molar-refractivity contribution >= 4 is 17.6 Å². The number of fused-ring (bicyclic) bond motifs is 1. The number of imide groups is 1. The Morgan fingerprint density at radius 2 is 1.68 bits per heavy atom. The normalized spacial score (nSPS) is 21.1. The fraction of sp³-hybridized carbons (Fsp3) is 0.364. The van der Waals surface area contributed by atoms with E-state index < -0.39 is 12.1 Å². The number of nitrogens with zero attached hydrogens (tertiary/aromatic N) is 3. The third kappa shape index (κ3) is 3.53. The first-order valence-corrected chi connectivity index (χ1v) is 9.71. The van der Waals surface area contributed by atoms with Gasteiger partial charge in [-0.1, -0.05) is 42.5 Å². The summed E-state index contributed by atoms with van der Waals surface area (Å²) in [6.07, 6.45) is 0.171. The Balaban J connectivity index is 1.40. The van der Waals surface area contributed by atoms with Gasteiger partial charge in [0.05, 0.1) is 12.6 Å². The van der Waals surface area contributed by atoms with E-state index in [0.29, 0.717) is 12.2 Å². The first kappa shape index (κ1) is 18.7. The maximum absolute atomic E-state index is 12.8. The van der Waals surface area contributed by atoms with Gasteiger partial charge in [-0.3, -0.25) is 19.5 Å². The first-order valence-electron chi connectivity index (χ1n) is 9.71. The van der Waals surface area contributed by atoms with Crippen LogP contribution in [-0.2, 0) is 17.8 Å². The molecule has 0 saturated carbocycles. The van der Waals surface area contributed by atoms with Gasteiger partial charge in [-0.25, -0.2) is 4.79 Å². The monoisotopic (exact) mass is 379 g/mol. The minimum absolute atomic E-state index is 0.0173. The van der Waals surface area contributed by atoms with Crippen molar-refractivity contribution in [1.82, 2.24) is 9.80 Å². The average molecular weight is 379 g/mol.